The molecule has 1 saturated heterocycles. The van der Waals surface area contributed by atoms with Gasteiger partial charge in [-0.1, -0.05) is 19.6 Å². The largest absolute Gasteiger partial charge is 1.00 e. The first kappa shape index (κ1) is 39.3. The van der Waals surface area contributed by atoms with Gasteiger partial charge in [-0.05, 0) is 38.1 Å². The quantitative estimate of drug-likeness (QED) is 0.114. The van der Waals surface area contributed by atoms with Gasteiger partial charge in [0, 0.05) is 31.0 Å². The van der Waals surface area contributed by atoms with Gasteiger partial charge in [-0.2, -0.15) is 8.42 Å². The van der Waals surface area contributed by atoms with Crippen LogP contribution in [0.2, 0.25) is 0 Å². The van der Waals surface area contributed by atoms with E-state index in [1.54, 1.807) is 6.07 Å². The molecule has 10 nitrogen and oxygen atoms in total. The Bertz CT molecular complexity index is 906. The molecule has 0 unspecified atom stereocenters. The maximum absolute atomic E-state index is 10.6. The molecule has 0 aliphatic carbocycles. The Labute approximate surface area is 289 Å². The third-order valence-electron chi connectivity index (χ3n) is 3.84. The third-order valence-corrected chi connectivity index (χ3v) is 4.39. The van der Waals surface area contributed by atoms with Gasteiger partial charge in [0.2, 0.25) is 0 Å². The van der Waals surface area contributed by atoms with Crippen molar-refractivity contribution in [2.24, 2.45) is 0 Å². The molecule has 0 atom stereocenters. The van der Waals surface area contributed by atoms with E-state index >= 15 is 0 Å². The number of rotatable bonds is 6. The summed E-state index contributed by atoms with van der Waals surface area (Å²) in [5, 5.41) is 8.43. The Kier molecular flexibility index (Phi) is 26.6. The maximum atomic E-state index is 10.6. The van der Waals surface area contributed by atoms with E-state index < -0.39 is 10.1 Å². The predicted molar refractivity (Wildman–Crippen MR) is 119 cm³/mol. The fourth-order valence-electron chi connectivity index (χ4n) is 2.52. The van der Waals surface area contributed by atoms with Crippen LogP contribution in [0.4, 0.5) is 0 Å². The van der Waals surface area contributed by atoms with E-state index in [0.29, 0.717) is 5.69 Å². The molecule has 0 saturated carbocycles. The molecular weight excluding hydrogens is 517 g/mol. The molecule has 0 radical (unpaired) electrons. The van der Waals surface area contributed by atoms with Crippen molar-refractivity contribution in [2.75, 3.05) is 32.6 Å². The number of aromatic nitrogens is 2. The van der Waals surface area contributed by atoms with Crippen LogP contribution in [0.15, 0.2) is 36.4 Å². The minimum Gasteiger partial charge on any atom is -1.00 e. The van der Waals surface area contributed by atoms with E-state index in [-0.39, 0.29) is 125 Å². The van der Waals surface area contributed by atoms with Gasteiger partial charge in [0.1, 0.15) is 6.61 Å². The van der Waals surface area contributed by atoms with Crippen LogP contribution in [0.25, 0.3) is 0 Å². The smallest absolute Gasteiger partial charge is 1.00 e. The number of morpholine rings is 1. The molecule has 1 fully saturated rings. The summed E-state index contributed by atoms with van der Waals surface area (Å²) in [7, 11) is -3.38. The normalized spacial score (nSPS) is 12.6. The van der Waals surface area contributed by atoms with Crippen LogP contribution in [-0.2, 0) is 41.9 Å². The average Bonchev–Trinajstić information content (AvgIpc) is 2.73. The van der Waals surface area contributed by atoms with Crippen molar-refractivity contribution in [1.82, 2.24) is 14.9 Å². The molecule has 0 aromatic carbocycles. The summed E-state index contributed by atoms with van der Waals surface area (Å²) in [5.74, 6) is 0. The molecule has 3 rings (SSSR count). The van der Waals surface area contributed by atoms with Crippen molar-refractivity contribution in [2.45, 2.75) is 34.4 Å². The second-order valence-electron chi connectivity index (χ2n) is 6.59. The van der Waals surface area contributed by atoms with Gasteiger partial charge in [-0.3, -0.25) is 23.8 Å². The van der Waals surface area contributed by atoms with Crippen LogP contribution in [0.1, 0.15) is 31.6 Å². The number of ether oxygens (including phenoxy) is 1. The molecule has 34 heavy (non-hydrogen) atoms. The summed E-state index contributed by atoms with van der Waals surface area (Å²) in [4.78, 5) is 22.2. The van der Waals surface area contributed by atoms with Crippen LogP contribution >= 0.6 is 0 Å². The first-order chi connectivity index (χ1) is 14.7. The van der Waals surface area contributed by atoms with Gasteiger partial charge >= 0.3 is 103 Å². The Hall–Kier alpha value is 0.833. The van der Waals surface area contributed by atoms with Crippen LogP contribution in [-0.4, -0.2) is 62.3 Å². The first-order valence-corrected chi connectivity index (χ1v) is 11.3. The van der Waals surface area contributed by atoms with Crippen molar-refractivity contribution < 1.29 is 136 Å². The maximum Gasteiger partial charge on any atom is 1.00 e. The standard InChI is InChI=1S/C11H16N2O.C8H11NO3S.CH2O3.CH4.2K.H/c1-10-3-2-4-11(12-10)9-13-5-7-14-8-6-13;1-7-4-3-5-8(9-7)6-12-13(2,10)11;2-1-4-3;;;;/h2-4H,5-9H2,1H3;3-5H,6H2,1-2H3;1,3H;1H4;;;/q;;;;2*+1;-1/p-1. The average molecular weight is 550 g/mol. The van der Waals surface area contributed by atoms with Gasteiger partial charge in [-0.15, -0.1) is 0 Å². The molecule has 2 aromatic heterocycles. The van der Waals surface area contributed by atoms with E-state index in [1.807, 2.05) is 32.0 Å². The molecular formula is C21H33K2N3O7S. The summed E-state index contributed by atoms with van der Waals surface area (Å²) in [6.45, 7) is 8.39. The van der Waals surface area contributed by atoms with E-state index in [0.717, 1.165) is 56.2 Å². The van der Waals surface area contributed by atoms with Crippen LogP contribution in [0.3, 0.4) is 0 Å². The summed E-state index contributed by atoms with van der Waals surface area (Å²) < 4.78 is 31.2. The van der Waals surface area contributed by atoms with Crippen molar-refractivity contribution >= 4 is 16.6 Å². The van der Waals surface area contributed by atoms with Crippen molar-refractivity contribution in [1.29, 1.82) is 0 Å². The number of hydrogen-bond acceptors (Lipinski definition) is 10. The minimum absolute atomic E-state index is 0. The zero-order valence-electron chi connectivity index (χ0n) is 20.9. The van der Waals surface area contributed by atoms with Crippen molar-refractivity contribution in [3.8, 4) is 0 Å². The molecule has 13 heteroatoms. The summed E-state index contributed by atoms with van der Waals surface area (Å²) in [6.07, 6.45) is 1.02. The molecule has 2 aromatic rings. The van der Waals surface area contributed by atoms with Crippen molar-refractivity contribution in [3.05, 3.63) is 59.2 Å². The molecule has 3 heterocycles. The van der Waals surface area contributed by atoms with Gasteiger partial charge in [0.25, 0.3) is 16.6 Å². The number of aryl methyl sites for hydroxylation is 2. The fourth-order valence-corrected chi connectivity index (χ4v) is 2.86. The van der Waals surface area contributed by atoms with E-state index in [9.17, 15) is 8.42 Å². The Morgan fingerprint density at radius 1 is 1.06 bits per heavy atom. The SMILES string of the molecule is C.Cc1cccc(CN2CCOCC2)n1.Cc1cccc(COS(C)(=O)=O)n1.O=CO[O-].[H-].[K+].[K+]. The van der Waals surface area contributed by atoms with Gasteiger partial charge in [0.05, 0.1) is 30.9 Å². The second-order valence-corrected chi connectivity index (χ2v) is 8.23. The number of nitrogens with zero attached hydrogens (tertiary/aromatic N) is 3. The van der Waals surface area contributed by atoms with E-state index in [1.165, 1.54) is 0 Å². The molecule has 1 aliphatic rings. The van der Waals surface area contributed by atoms with Gasteiger partial charge < -0.3 is 16.3 Å². The predicted octanol–water partition coefficient (Wildman–Crippen LogP) is -4.72. The molecule has 0 N–H and O–H groups in total. The molecule has 0 spiro atoms. The molecule has 0 amide bonds. The fraction of sp³-hybridized carbons (Fsp3) is 0.476. The first-order valence-electron chi connectivity index (χ1n) is 9.45. The van der Waals surface area contributed by atoms with Crippen molar-refractivity contribution in [3.63, 3.8) is 0 Å². The van der Waals surface area contributed by atoms with Gasteiger partial charge in [0.15, 0.2) is 0 Å². The summed E-state index contributed by atoms with van der Waals surface area (Å²) in [5.41, 5.74) is 3.71. The van der Waals surface area contributed by atoms with Crippen LogP contribution in [0.5, 0.6) is 0 Å². The number of hydrogen-bond donors (Lipinski definition) is 0. The van der Waals surface area contributed by atoms with Crippen LogP contribution < -0.4 is 108 Å². The Morgan fingerprint density at radius 2 is 1.53 bits per heavy atom. The zero-order chi connectivity index (χ0) is 23.1. The van der Waals surface area contributed by atoms with Crippen LogP contribution in [0, 0.1) is 13.8 Å². The minimum atomic E-state index is -3.38. The Balaban J connectivity index is -0.000000217. The number of carbonyl (C=O) groups excluding carboxylic acids is 1. The van der Waals surface area contributed by atoms with E-state index in [2.05, 4.69) is 36.1 Å². The van der Waals surface area contributed by atoms with Gasteiger partial charge in [-0.25, -0.2) is 0 Å². The molecule has 182 valence electrons. The summed E-state index contributed by atoms with van der Waals surface area (Å²) in [6, 6.07) is 11.6. The number of carbonyl (C=O) groups is 1. The topological polar surface area (TPSA) is 131 Å². The second kappa shape index (κ2) is 23.0. The number of pyridine rings is 2. The molecule has 0 bridgehead atoms. The summed E-state index contributed by atoms with van der Waals surface area (Å²) >= 11 is 0. The third kappa shape index (κ3) is 21.0. The zero-order valence-corrected chi connectivity index (χ0v) is 27.0. The Morgan fingerprint density at radius 3 is 1.97 bits per heavy atom. The van der Waals surface area contributed by atoms with E-state index in [4.69, 9.17) is 14.8 Å². The molecule has 1 aliphatic heterocycles. The monoisotopic (exact) mass is 549 g/mol.